The highest BCUT2D eigenvalue weighted by Crippen LogP contribution is 2.12. The zero-order chi connectivity index (χ0) is 15.9. The first kappa shape index (κ1) is 16.3. The lowest BCUT2D eigenvalue weighted by Crippen LogP contribution is -2.24. The van der Waals surface area contributed by atoms with Crippen LogP contribution >= 0.6 is 0 Å². The molecule has 0 fully saturated rings. The molecule has 0 saturated carbocycles. The van der Waals surface area contributed by atoms with Gasteiger partial charge in [0.05, 0.1) is 11.6 Å². The normalized spacial score (nSPS) is 12.5. The summed E-state index contributed by atoms with van der Waals surface area (Å²) in [7, 11) is 0. The van der Waals surface area contributed by atoms with Crippen molar-refractivity contribution >= 4 is 17.1 Å². The molecule has 0 bridgehead atoms. The third kappa shape index (κ3) is 4.23. The molecule has 1 aromatic heterocycles. The van der Waals surface area contributed by atoms with E-state index in [2.05, 4.69) is 6.92 Å². The van der Waals surface area contributed by atoms with Crippen molar-refractivity contribution in [2.45, 2.75) is 58.6 Å². The Balaban J connectivity index is 1.91. The Morgan fingerprint density at radius 1 is 1.27 bits per heavy atom. The number of para-hydroxylation sites is 2. The minimum absolute atomic E-state index is 0.116. The average Bonchev–Trinajstić information content (AvgIpc) is 2.80. The van der Waals surface area contributed by atoms with Gasteiger partial charge >= 0.3 is 11.7 Å². The Morgan fingerprint density at radius 2 is 2.05 bits per heavy atom. The van der Waals surface area contributed by atoms with Crippen LogP contribution in [0.5, 0.6) is 0 Å². The lowest BCUT2D eigenvalue weighted by Gasteiger charge is -2.13. The van der Waals surface area contributed by atoms with E-state index in [0.717, 1.165) is 19.3 Å². The number of unbranched alkanes of at least 4 members (excludes halogenated alkanes) is 3. The number of carbonyl (C=O) groups excluding carboxylic acids is 1. The second kappa shape index (κ2) is 7.82. The summed E-state index contributed by atoms with van der Waals surface area (Å²) >= 11 is 0. The van der Waals surface area contributed by atoms with Crippen LogP contribution in [0.25, 0.3) is 11.1 Å². The molecule has 1 heterocycles. The molecule has 0 amide bonds. The van der Waals surface area contributed by atoms with Crippen LogP contribution in [0.15, 0.2) is 33.5 Å². The second-order valence-electron chi connectivity index (χ2n) is 5.57. The predicted molar refractivity (Wildman–Crippen MR) is 84.8 cm³/mol. The zero-order valence-electron chi connectivity index (χ0n) is 13.2. The summed E-state index contributed by atoms with van der Waals surface area (Å²) in [6.45, 7) is 3.94. The van der Waals surface area contributed by atoms with Gasteiger partial charge in [-0.1, -0.05) is 38.3 Å². The van der Waals surface area contributed by atoms with Crippen molar-refractivity contribution in [2.24, 2.45) is 0 Å². The maximum absolute atomic E-state index is 12.0. The summed E-state index contributed by atoms with van der Waals surface area (Å²) in [5.41, 5.74) is 1.09. The number of ether oxygens (including phenoxy) is 1. The molecule has 0 aliphatic heterocycles. The molecule has 2 rings (SSSR count). The molecule has 1 aromatic carbocycles. The predicted octanol–water partition coefficient (Wildman–Crippen LogP) is 3.50. The Kier molecular flexibility index (Phi) is 5.81. The number of oxazole rings is 1. The summed E-state index contributed by atoms with van der Waals surface area (Å²) in [5.74, 6) is -0.939. The minimum atomic E-state index is -0.534. The van der Waals surface area contributed by atoms with Gasteiger partial charge < -0.3 is 9.15 Å². The van der Waals surface area contributed by atoms with Crippen LogP contribution in [-0.2, 0) is 16.1 Å². The van der Waals surface area contributed by atoms with E-state index >= 15 is 0 Å². The molecule has 1 atom stereocenters. The summed E-state index contributed by atoms with van der Waals surface area (Å²) in [6, 6.07) is 7.04. The highest BCUT2D eigenvalue weighted by atomic mass is 16.5. The van der Waals surface area contributed by atoms with Gasteiger partial charge in [-0.3, -0.25) is 9.36 Å². The fourth-order valence-corrected chi connectivity index (χ4v) is 2.47. The second-order valence-corrected chi connectivity index (χ2v) is 5.57. The Bertz CT molecular complexity index is 671. The molecule has 0 radical (unpaired) electrons. The van der Waals surface area contributed by atoms with Crippen LogP contribution in [0.1, 0.15) is 46.0 Å². The first-order chi connectivity index (χ1) is 10.6. The van der Waals surface area contributed by atoms with Crippen molar-refractivity contribution in [1.82, 2.24) is 4.57 Å². The SMILES string of the molecule is CCCCCC[C@@H](C)OC(=O)Cn1c(=O)oc2ccccc21. The van der Waals surface area contributed by atoms with E-state index in [1.165, 1.54) is 17.4 Å². The number of fused-ring (bicyclic) bond motifs is 1. The summed E-state index contributed by atoms with van der Waals surface area (Å²) in [6.07, 6.45) is 5.33. The Labute approximate surface area is 129 Å². The van der Waals surface area contributed by atoms with Gasteiger partial charge in [-0.15, -0.1) is 0 Å². The van der Waals surface area contributed by atoms with Crippen LogP contribution in [-0.4, -0.2) is 16.6 Å². The van der Waals surface area contributed by atoms with Crippen molar-refractivity contribution in [3.8, 4) is 0 Å². The van der Waals surface area contributed by atoms with E-state index in [-0.39, 0.29) is 12.6 Å². The third-order valence-corrected chi connectivity index (χ3v) is 3.66. The minimum Gasteiger partial charge on any atom is -0.461 e. The lowest BCUT2D eigenvalue weighted by atomic mass is 10.1. The third-order valence-electron chi connectivity index (χ3n) is 3.66. The summed E-state index contributed by atoms with van der Waals surface area (Å²) in [4.78, 5) is 23.8. The lowest BCUT2D eigenvalue weighted by molar-refractivity contribution is -0.149. The molecule has 0 unspecified atom stereocenters. The molecule has 0 N–H and O–H groups in total. The number of hydrogen-bond acceptors (Lipinski definition) is 4. The first-order valence-corrected chi connectivity index (χ1v) is 7.89. The largest absolute Gasteiger partial charge is 0.461 e. The quantitative estimate of drug-likeness (QED) is 0.553. The van der Waals surface area contributed by atoms with Crippen LogP contribution in [0.3, 0.4) is 0 Å². The average molecular weight is 305 g/mol. The smallest absolute Gasteiger partial charge is 0.420 e. The van der Waals surface area contributed by atoms with E-state index in [1.54, 1.807) is 24.3 Å². The highest BCUT2D eigenvalue weighted by molar-refractivity contribution is 5.76. The number of benzene rings is 1. The van der Waals surface area contributed by atoms with Crippen LogP contribution in [0.4, 0.5) is 0 Å². The number of hydrogen-bond donors (Lipinski definition) is 0. The highest BCUT2D eigenvalue weighted by Gasteiger charge is 2.15. The Hall–Kier alpha value is -2.04. The molecule has 5 heteroatoms. The summed E-state index contributed by atoms with van der Waals surface area (Å²) in [5, 5.41) is 0. The van der Waals surface area contributed by atoms with Crippen LogP contribution in [0.2, 0.25) is 0 Å². The summed E-state index contributed by atoms with van der Waals surface area (Å²) < 4.78 is 11.8. The molecule has 0 aliphatic rings. The monoisotopic (exact) mass is 305 g/mol. The van der Waals surface area contributed by atoms with Gasteiger partial charge in [-0.25, -0.2) is 4.79 Å². The molecular weight excluding hydrogens is 282 g/mol. The topological polar surface area (TPSA) is 61.4 Å². The van der Waals surface area contributed by atoms with E-state index in [0.29, 0.717) is 11.1 Å². The first-order valence-electron chi connectivity index (χ1n) is 7.89. The molecule has 0 aliphatic carbocycles. The molecule has 0 spiro atoms. The number of aromatic nitrogens is 1. The fourth-order valence-electron chi connectivity index (χ4n) is 2.47. The van der Waals surface area contributed by atoms with Crippen LogP contribution < -0.4 is 5.76 Å². The number of esters is 1. The van der Waals surface area contributed by atoms with Gasteiger partial charge in [0.15, 0.2) is 5.58 Å². The van der Waals surface area contributed by atoms with Crippen molar-refractivity contribution < 1.29 is 13.9 Å². The standard InChI is InChI=1S/C17H23NO4/c1-3-4-5-6-9-13(2)21-16(19)12-18-14-10-7-8-11-15(14)22-17(18)20/h7-8,10-11,13H,3-6,9,12H2,1-2H3/t13-/m1/s1. The molecular formula is C17H23NO4. The van der Waals surface area contributed by atoms with Crippen molar-refractivity contribution in [3.05, 3.63) is 34.8 Å². The van der Waals surface area contributed by atoms with Gasteiger partial charge in [0.2, 0.25) is 0 Å². The van der Waals surface area contributed by atoms with Crippen molar-refractivity contribution in [2.75, 3.05) is 0 Å². The number of carbonyl (C=O) groups is 1. The van der Waals surface area contributed by atoms with E-state index in [9.17, 15) is 9.59 Å². The van der Waals surface area contributed by atoms with Gasteiger partial charge in [0.1, 0.15) is 6.54 Å². The van der Waals surface area contributed by atoms with Gasteiger partial charge in [0.25, 0.3) is 0 Å². The maximum Gasteiger partial charge on any atom is 0.420 e. The number of rotatable bonds is 8. The number of nitrogens with zero attached hydrogens (tertiary/aromatic N) is 1. The van der Waals surface area contributed by atoms with Crippen molar-refractivity contribution in [1.29, 1.82) is 0 Å². The Morgan fingerprint density at radius 3 is 2.82 bits per heavy atom. The molecule has 2 aromatic rings. The van der Waals surface area contributed by atoms with E-state index < -0.39 is 11.7 Å². The molecule has 22 heavy (non-hydrogen) atoms. The fraction of sp³-hybridized carbons (Fsp3) is 0.529. The molecule has 0 saturated heterocycles. The van der Waals surface area contributed by atoms with Gasteiger partial charge in [-0.05, 0) is 31.9 Å². The molecule has 120 valence electrons. The van der Waals surface area contributed by atoms with Gasteiger partial charge in [0, 0.05) is 0 Å². The molecule has 5 nitrogen and oxygen atoms in total. The van der Waals surface area contributed by atoms with Crippen molar-refractivity contribution in [3.63, 3.8) is 0 Å². The van der Waals surface area contributed by atoms with E-state index in [1.807, 2.05) is 6.92 Å². The van der Waals surface area contributed by atoms with Gasteiger partial charge in [-0.2, -0.15) is 0 Å². The maximum atomic E-state index is 12.0. The van der Waals surface area contributed by atoms with Crippen LogP contribution in [0, 0.1) is 0 Å². The van der Waals surface area contributed by atoms with E-state index in [4.69, 9.17) is 9.15 Å². The zero-order valence-corrected chi connectivity index (χ0v) is 13.2.